The van der Waals surface area contributed by atoms with E-state index in [4.69, 9.17) is 0 Å². The Morgan fingerprint density at radius 1 is 1.12 bits per heavy atom. The van der Waals surface area contributed by atoms with Crippen LogP contribution in [0.2, 0.25) is 0 Å². The lowest BCUT2D eigenvalue weighted by molar-refractivity contribution is -0.120. The number of aryl methyl sites for hydroxylation is 2. The normalized spacial score (nSPS) is 10.5. The van der Waals surface area contributed by atoms with Crippen LogP contribution in [0.4, 0.5) is 5.69 Å². The number of aromatic nitrogens is 2. The molecule has 24 heavy (non-hydrogen) atoms. The van der Waals surface area contributed by atoms with Gasteiger partial charge in [-0.05, 0) is 43.5 Å². The van der Waals surface area contributed by atoms with E-state index in [1.165, 1.54) is 0 Å². The zero-order chi connectivity index (χ0) is 17.7. The molecule has 2 rings (SSSR count). The first-order valence-corrected chi connectivity index (χ1v) is 7.99. The van der Waals surface area contributed by atoms with Crippen LogP contribution in [0.5, 0.6) is 0 Å². The molecule has 6 heteroatoms. The molecule has 128 valence electrons. The van der Waals surface area contributed by atoms with Crippen LogP contribution in [-0.2, 0) is 29.5 Å². The molecule has 0 aliphatic rings. The van der Waals surface area contributed by atoms with Gasteiger partial charge >= 0.3 is 0 Å². The Morgan fingerprint density at radius 2 is 1.79 bits per heavy atom. The molecular weight excluding hydrogens is 304 g/mol. The fourth-order valence-electron chi connectivity index (χ4n) is 2.62. The maximum absolute atomic E-state index is 12.1. The molecule has 0 aliphatic heterocycles. The average Bonchev–Trinajstić information content (AvgIpc) is 2.80. The first kappa shape index (κ1) is 17.7. The highest BCUT2D eigenvalue weighted by Gasteiger charge is 2.11. The van der Waals surface area contributed by atoms with Gasteiger partial charge in [-0.1, -0.05) is 12.1 Å². The number of carbonyl (C=O) groups is 2. The molecule has 0 spiro atoms. The van der Waals surface area contributed by atoms with Crippen LogP contribution in [0.25, 0.3) is 0 Å². The van der Waals surface area contributed by atoms with Crippen LogP contribution in [0.1, 0.15) is 28.9 Å². The highest BCUT2D eigenvalue weighted by molar-refractivity contribution is 5.91. The van der Waals surface area contributed by atoms with Gasteiger partial charge in [-0.15, -0.1) is 0 Å². The third kappa shape index (κ3) is 4.44. The molecular formula is C18H24N4O2. The monoisotopic (exact) mass is 328 g/mol. The number of anilines is 1. The molecule has 0 unspecified atom stereocenters. The highest BCUT2D eigenvalue weighted by Crippen LogP contribution is 2.15. The van der Waals surface area contributed by atoms with E-state index in [2.05, 4.69) is 15.7 Å². The van der Waals surface area contributed by atoms with E-state index in [1.807, 2.05) is 49.8 Å². The van der Waals surface area contributed by atoms with Gasteiger partial charge in [-0.25, -0.2) is 0 Å². The lowest BCUT2D eigenvalue weighted by Gasteiger charge is -2.07. The second kappa shape index (κ2) is 7.77. The lowest BCUT2D eigenvalue weighted by Crippen LogP contribution is -2.19. The predicted molar refractivity (Wildman–Crippen MR) is 93.8 cm³/mol. The second-order valence-corrected chi connectivity index (χ2v) is 5.87. The molecule has 2 amide bonds. The lowest BCUT2D eigenvalue weighted by atomic mass is 10.1. The number of amides is 2. The Hall–Kier alpha value is -2.63. The van der Waals surface area contributed by atoms with E-state index in [0.29, 0.717) is 19.3 Å². The molecule has 0 atom stereocenters. The highest BCUT2D eigenvalue weighted by atomic mass is 16.2. The largest absolute Gasteiger partial charge is 0.359 e. The molecule has 0 saturated carbocycles. The number of hydrogen-bond acceptors (Lipinski definition) is 3. The first-order valence-electron chi connectivity index (χ1n) is 7.99. The van der Waals surface area contributed by atoms with E-state index in [9.17, 15) is 9.59 Å². The summed E-state index contributed by atoms with van der Waals surface area (Å²) < 4.78 is 1.84. The Morgan fingerprint density at radius 3 is 2.33 bits per heavy atom. The van der Waals surface area contributed by atoms with Crippen molar-refractivity contribution in [3.8, 4) is 0 Å². The molecule has 0 bridgehead atoms. The van der Waals surface area contributed by atoms with Gasteiger partial charge in [0.25, 0.3) is 0 Å². The third-order valence-electron chi connectivity index (χ3n) is 4.14. The molecule has 0 radical (unpaired) electrons. The minimum atomic E-state index is -0.0333. The smallest absolute Gasteiger partial charge is 0.224 e. The number of benzene rings is 1. The molecule has 6 nitrogen and oxygen atoms in total. The average molecular weight is 328 g/mol. The minimum Gasteiger partial charge on any atom is -0.359 e. The molecule has 1 heterocycles. The molecule has 1 aromatic heterocycles. The summed E-state index contributed by atoms with van der Waals surface area (Å²) in [5.74, 6) is -0.0642. The Bertz CT molecular complexity index is 732. The Labute approximate surface area is 142 Å². The molecule has 0 saturated heterocycles. The molecule has 0 fully saturated rings. The number of hydrogen-bond donors (Lipinski definition) is 2. The van der Waals surface area contributed by atoms with Gasteiger partial charge in [0.2, 0.25) is 11.8 Å². The van der Waals surface area contributed by atoms with Crippen LogP contribution in [-0.4, -0.2) is 28.6 Å². The van der Waals surface area contributed by atoms with Gasteiger partial charge in [0.05, 0.1) is 12.1 Å². The van der Waals surface area contributed by atoms with Gasteiger partial charge < -0.3 is 10.6 Å². The van der Waals surface area contributed by atoms with E-state index < -0.39 is 0 Å². The Kier molecular flexibility index (Phi) is 5.73. The number of likely N-dealkylation sites (N-methyl/N-ethyl adjacent to an activating group) is 1. The predicted octanol–water partition coefficient (Wildman–Crippen LogP) is 1.90. The summed E-state index contributed by atoms with van der Waals surface area (Å²) in [7, 11) is 3.52. The molecule has 0 aliphatic carbocycles. The SMILES string of the molecule is CNC(=O)Cc1ccc(NC(=O)CCc2c(C)nn(C)c2C)cc1. The summed E-state index contributed by atoms with van der Waals surface area (Å²) in [5, 5.41) is 9.84. The van der Waals surface area contributed by atoms with Crippen molar-refractivity contribution in [2.75, 3.05) is 12.4 Å². The minimum absolute atomic E-state index is 0.0308. The zero-order valence-corrected chi connectivity index (χ0v) is 14.6. The standard InChI is InChI=1S/C18H24N4O2/c1-12-16(13(2)22(4)21-12)9-10-17(23)20-15-7-5-14(6-8-15)11-18(24)19-3/h5-8H,9-11H2,1-4H3,(H,19,24)(H,20,23). The Balaban J connectivity index is 1.89. The number of carbonyl (C=O) groups excluding carboxylic acids is 2. The van der Waals surface area contributed by atoms with Crippen LogP contribution in [0, 0.1) is 13.8 Å². The zero-order valence-electron chi connectivity index (χ0n) is 14.6. The van der Waals surface area contributed by atoms with E-state index in [0.717, 1.165) is 28.2 Å². The van der Waals surface area contributed by atoms with Crippen LogP contribution in [0.15, 0.2) is 24.3 Å². The summed E-state index contributed by atoms with van der Waals surface area (Å²) in [5.41, 5.74) is 4.85. The number of rotatable bonds is 6. The summed E-state index contributed by atoms with van der Waals surface area (Å²) in [4.78, 5) is 23.5. The summed E-state index contributed by atoms with van der Waals surface area (Å²) in [6, 6.07) is 7.33. The molecule has 2 aromatic rings. The van der Waals surface area contributed by atoms with Gasteiger partial charge in [-0.2, -0.15) is 5.10 Å². The third-order valence-corrected chi connectivity index (χ3v) is 4.14. The van der Waals surface area contributed by atoms with Crippen molar-refractivity contribution in [1.82, 2.24) is 15.1 Å². The van der Waals surface area contributed by atoms with Gasteiger partial charge in [0.1, 0.15) is 0 Å². The first-order chi connectivity index (χ1) is 11.4. The van der Waals surface area contributed by atoms with Crippen LogP contribution in [0.3, 0.4) is 0 Å². The molecule has 1 aromatic carbocycles. The van der Waals surface area contributed by atoms with Crippen molar-refractivity contribution < 1.29 is 9.59 Å². The van der Waals surface area contributed by atoms with Gasteiger partial charge in [0, 0.05) is 31.9 Å². The van der Waals surface area contributed by atoms with Crippen molar-refractivity contribution in [2.24, 2.45) is 7.05 Å². The van der Waals surface area contributed by atoms with Gasteiger partial charge in [0.15, 0.2) is 0 Å². The summed E-state index contributed by atoms with van der Waals surface area (Å²) in [6.07, 6.45) is 1.42. The van der Waals surface area contributed by atoms with Crippen molar-refractivity contribution in [2.45, 2.75) is 33.1 Å². The van der Waals surface area contributed by atoms with Crippen molar-refractivity contribution in [1.29, 1.82) is 0 Å². The maximum atomic E-state index is 12.1. The van der Waals surface area contributed by atoms with E-state index >= 15 is 0 Å². The summed E-state index contributed by atoms with van der Waals surface area (Å²) >= 11 is 0. The summed E-state index contributed by atoms with van der Waals surface area (Å²) in [6.45, 7) is 3.98. The molecule has 2 N–H and O–H groups in total. The van der Waals surface area contributed by atoms with Crippen molar-refractivity contribution >= 4 is 17.5 Å². The van der Waals surface area contributed by atoms with Crippen LogP contribution >= 0.6 is 0 Å². The van der Waals surface area contributed by atoms with Crippen molar-refractivity contribution in [3.63, 3.8) is 0 Å². The quantitative estimate of drug-likeness (QED) is 0.850. The van der Waals surface area contributed by atoms with E-state index in [1.54, 1.807) is 7.05 Å². The number of nitrogens with zero attached hydrogens (tertiary/aromatic N) is 2. The maximum Gasteiger partial charge on any atom is 0.224 e. The second-order valence-electron chi connectivity index (χ2n) is 5.87. The van der Waals surface area contributed by atoms with Crippen LogP contribution < -0.4 is 10.6 Å². The fourth-order valence-corrected chi connectivity index (χ4v) is 2.62. The fraction of sp³-hybridized carbons (Fsp3) is 0.389. The number of nitrogens with one attached hydrogen (secondary N) is 2. The topological polar surface area (TPSA) is 76.0 Å². The van der Waals surface area contributed by atoms with E-state index in [-0.39, 0.29) is 11.8 Å². The van der Waals surface area contributed by atoms with Gasteiger partial charge in [-0.3, -0.25) is 14.3 Å². The van der Waals surface area contributed by atoms with Crippen molar-refractivity contribution in [3.05, 3.63) is 46.8 Å².